The molecule has 5 rings (SSSR count). The molecule has 0 amide bonds. The molecule has 0 spiro atoms. The zero-order chi connectivity index (χ0) is 28.8. The number of methoxy groups -OCH3 is 1. The van der Waals surface area contributed by atoms with E-state index < -0.39 is 11.7 Å². The minimum Gasteiger partial charge on any atom is -0.490 e. The van der Waals surface area contributed by atoms with Crippen LogP contribution in [0.15, 0.2) is 66.7 Å². The SMILES string of the molecule is COCCCN1CCOc2ccc(CO[C@H]3CNC[C@@H](O)[C@@H]3c3ccc(Oc4ccc(C(C)(C)O)cc4)cc3)cc21. The van der Waals surface area contributed by atoms with Gasteiger partial charge in [0.15, 0.2) is 0 Å². The molecule has 0 saturated carbocycles. The first-order chi connectivity index (χ1) is 19.8. The van der Waals surface area contributed by atoms with E-state index in [2.05, 4.69) is 22.3 Å². The number of nitrogens with zero attached hydrogens (tertiary/aromatic N) is 1. The smallest absolute Gasteiger partial charge is 0.142 e. The van der Waals surface area contributed by atoms with E-state index in [0.29, 0.717) is 37.8 Å². The van der Waals surface area contributed by atoms with E-state index in [4.69, 9.17) is 18.9 Å². The zero-order valence-electron chi connectivity index (χ0n) is 24.2. The highest BCUT2D eigenvalue weighted by Crippen LogP contribution is 2.35. The van der Waals surface area contributed by atoms with Crippen molar-refractivity contribution in [3.8, 4) is 17.2 Å². The molecular weight excluding hydrogens is 520 g/mol. The van der Waals surface area contributed by atoms with Crippen LogP contribution in [0.1, 0.15) is 42.9 Å². The van der Waals surface area contributed by atoms with Gasteiger partial charge in [-0.1, -0.05) is 30.3 Å². The van der Waals surface area contributed by atoms with Crippen LogP contribution < -0.4 is 19.7 Å². The van der Waals surface area contributed by atoms with E-state index in [1.165, 1.54) is 0 Å². The second kappa shape index (κ2) is 13.2. The van der Waals surface area contributed by atoms with Crippen LogP contribution in [-0.4, -0.2) is 68.9 Å². The van der Waals surface area contributed by atoms with Crippen molar-refractivity contribution in [2.45, 2.75) is 50.6 Å². The van der Waals surface area contributed by atoms with Crippen molar-refractivity contribution in [2.24, 2.45) is 0 Å². The van der Waals surface area contributed by atoms with Gasteiger partial charge in [0.1, 0.15) is 23.9 Å². The quantitative estimate of drug-likeness (QED) is 0.293. The molecule has 3 atom stereocenters. The number of hydrogen-bond donors (Lipinski definition) is 3. The summed E-state index contributed by atoms with van der Waals surface area (Å²) in [7, 11) is 1.73. The van der Waals surface area contributed by atoms with E-state index >= 15 is 0 Å². The summed E-state index contributed by atoms with van der Waals surface area (Å²) in [5.74, 6) is 2.14. The molecule has 0 aliphatic carbocycles. The van der Waals surface area contributed by atoms with Gasteiger partial charge in [0.2, 0.25) is 0 Å². The van der Waals surface area contributed by atoms with E-state index in [0.717, 1.165) is 54.2 Å². The third kappa shape index (κ3) is 7.39. The van der Waals surface area contributed by atoms with Crippen LogP contribution >= 0.6 is 0 Å². The molecule has 41 heavy (non-hydrogen) atoms. The summed E-state index contributed by atoms with van der Waals surface area (Å²) in [5.41, 5.74) is 3.11. The first kappa shape index (κ1) is 29.4. The zero-order valence-corrected chi connectivity index (χ0v) is 24.2. The van der Waals surface area contributed by atoms with Crippen LogP contribution in [0.4, 0.5) is 5.69 Å². The van der Waals surface area contributed by atoms with Gasteiger partial charge in [-0.05, 0) is 73.4 Å². The molecule has 3 N–H and O–H groups in total. The number of piperidine rings is 1. The molecule has 0 radical (unpaired) electrons. The summed E-state index contributed by atoms with van der Waals surface area (Å²) in [4.78, 5) is 2.35. The number of fused-ring (bicyclic) bond motifs is 1. The monoisotopic (exact) mass is 562 g/mol. The fraction of sp³-hybridized carbons (Fsp3) is 0.455. The number of aliphatic hydroxyl groups excluding tert-OH is 1. The van der Waals surface area contributed by atoms with Gasteiger partial charge in [-0.3, -0.25) is 0 Å². The lowest BCUT2D eigenvalue weighted by Crippen LogP contribution is -2.49. The summed E-state index contributed by atoms with van der Waals surface area (Å²) in [6.45, 7) is 8.32. The third-order valence-corrected chi connectivity index (χ3v) is 7.80. The molecule has 2 aliphatic rings. The van der Waals surface area contributed by atoms with Crippen LogP contribution in [0, 0.1) is 0 Å². The number of anilines is 1. The Morgan fingerprint density at radius 2 is 1.73 bits per heavy atom. The topological polar surface area (TPSA) is 92.7 Å². The average molecular weight is 563 g/mol. The molecule has 0 aromatic heterocycles. The third-order valence-electron chi connectivity index (χ3n) is 7.80. The molecule has 3 aromatic rings. The van der Waals surface area contributed by atoms with Crippen LogP contribution in [0.25, 0.3) is 0 Å². The fourth-order valence-electron chi connectivity index (χ4n) is 5.54. The predicted molar refractivity (Wildman–Crippen MR) is 159 cm³/mol. The van der Waals surface area contributed by atoms with Crippen molar-refractivity contribution >= 4 is 5.69 Å². The Balaban J connectivity index is 1.24. The maximum absolute atomic E-state index is 11.0. The number of nitrogens with one attached hydrogen (secondary N) is 1. The van der Waals surface area contributed by atoms with Crippen molar-refractivity contribution < 1.29 is 29.2 Å². The van der Waals surface area contributed by atoms with Crippen LogP contribution in [0.5, 0.6) is 17.2 Å². The normalized spacial score (nSPS) is 20.8. The lowest BCUT2D eigenvalue weighted by molar-refractivity contribution is -0.0328. The summed E-state index contributed by atoms with van der Waals surface area (Å²) in [5, 5.41) is 24.4. The van der Waals surface area contributed by atoms with E-state index in [9.17, 15) is 10.2 Å². The highest BCUT2D eigenvalue weighted by Gasteiger charge is 2.34. The minimum absolute atomic E-state index is 0.164. The van der Waals surface area contributed by atoms with E-state index in [1.807, 2.05) is 54.6 Å². The average Bonchev–Trinajstić information content (AvgIpc) is 2.97. The van der Waals surface area contributed by atoms with Gasteiger partial charge in [0, 0.05) is 39.3 Å². The van der Waals surface area contributed by atoms with Crippen molar-refractivity contribution in [1.82, 2.24) is 5.32 Å². The molecule has 8 nitrogen and oxygen atoms in total. The summed E-state index contributed by atoms with van der Waals surface area (Å²) in [6, 6.07) is 21.5. The molecule has 1 saturated heterocycles. The number of aliphatic hydroxyl groups is 2. The lowest BCUT2D eigenvalue weighted by Gasteiger charge is -2.36. The summed E-state index contributed by atoms with van der Waals surface area (Å²) < 4.78 is 23.6. The first-order valence-electron chi connectivity index (χ1n) is 14.4. The maximum Gasteiger partial charge on any atom is 0.142 e. The van der Waals surface area contributed by atoms with Gasteiger partial charge in [0.05, 0.1) is 36.6 Å². The maximum atomic E-state index is 11.0. The highest BCUT2D eigenvalue weighted by molar-refractivity contribution is 5.61. The summed E-state index contributed by atoms with van der Waals surface area (Å²) in [6.07, 6.45) is 0.204. The second-order valence-electron chi connectivity index (χ2n) is 11.3. The van der Waals surface area contributed by atoms with Gasteiger partial charge >= 0.3 is 0 Å². The molecule has 220 valence electrons. The number of β-amino-alcohol motifs (C(OH)–C–C–N with tert-alkyl or cyclic N) is 1. The molecule has 2 heterocycles. The first-order valence-corrected chi connectivity index (χ1v) is 14.4. The Morgan fingerprint density at radius 1 is 1.00 bits per heavy atom. The molecule has 2 aliphatic heterocycles. The number of ether oxygens (including phenoxy) is 4. The molecular formula is C33H42N2O6. The molecule has 1 fully saturated rings. The van der Waals surface area contributed by atoms with E-state index in [1.54, 1.807) is 21.0 Å². The van der Waals surface area contributed by atoms with Crippen molar-refractivity contribution in [3.05, 3.63) is 83.4 Å². The van der Waals surface area contributed by atoms with Gasteiger partial charge in [-0.25, -0.2) is 0 Å². The molecule has 3 aromatic carbocycles. The fourth-order valence-corrected chi connectivity index (χ4v) is 5.54. The lowest BCUT2D eigenvalue weighted by atomic mass is 9.85. The van der Waals surface area contributed by atoms with Gasteiger partial charge in [-0.15, -0.1) is 0 Å². The summed E-state index contributed by atoms with van der Waals surface area (Å²) >= 11 is 0. The van der Waals surface area contributed by atoms with Crippen LogP contribution in [0.2, 0.25) is 0 Å². The van der Waals surface area contributed by atoms with Crippen molar-refractivity contribution in [2.75, 3.05) is 51.4 Å². The predicted octanol–water partition coefficient (Wildman–Crippen LogP) is 4.57. The van der Waals surface area contributed by atoms with Crippen molar-refractivity contribution in [1.29, 1.82) is 0 Å². The van der Waals surface area contributed by atoms with Crippen LogP contribution in [-0.2, 0) is 21.7 Å². The van der Waals surface area contributed by atoms with Gasteiger partial charge in [0.25, 0.3) is 0 Å². The Bertz CT molecular complexity index is 1260. The largest absolute Gasteiger partial charge is 0.490 e. The Morgan fingerprint density at radius 3 is 2.44 bits per heavy atom. The van der Waals surface area contributed by atoms with Crippen LogP contribution in [0.3, 0.4) is 0 Å². The molecule has 0 unspecified atom stereocenters. The Labute approximate surface area is 242 Å². The standard InChI is InChI=1S/C33H42N2O6/c1-33(2,37)25-8-12-27(13-9-25)41-26-10-6-24(7-11-26)32-29(36)20-34-21-31(32)40-22-23-5-14-30-28(19-23)35(16-18-39-30)15-4-17-38-3/h5-14,19,29,31-32,34,36-37H,4,15-18,20-22H2,1-3H3/t29-,31+,32+/m1/s1. The highest BCUT2D eigenvalue weighted by atomic mass is 16.5. The molecule has 8 heteroatoms. The molecule has 0 bridgehead atoms. The Kier molecular flexibility index (Phi) is 9.47. The Hall–Kier alpha value is -3.14. The number of rotatable bonds is 11. The minimum atomic E-state index is -0.896. The van der Waals surface area contributed by atoms with E-state index in [-0.39, 0.29) is 12.0 Å². The van der Waals surface area contributed by atoms with Crippen molar-refractivity contribution in [3.63, 3.8) is 0 Å². The number of benzene rings is 3. The number of hydrogen-bond acceptors (Lipinski definition) is 8. The van der Waals surface area contributed by atoms with Gasteiger partial charge < -0.3 is 39.4 Å². The van der Waals surface area contributed by atoms with Gasteiger partial charge in [-0.2, -0.15) is 0 Å². The second-order valence-corrected chi connectivity index (χ2v) is 11.3.